The first kappa shape index (κ1) is 11.0. The second-order valence-corrected chi connectivity index (χ2v) is 4.48. The summed E-state index contributed by atoms with van der Waals surface area (Å²) in [6.45, 7) is 8.60. The van der Waals surface area contributed by atoms with Crippen molar-refractivity contribution in [3.63, 3.8) is 0 Å². The van der Waals surface area contributed by atoms with E-state index in [2.05, 4.69) is 26.1 Å². The van der Waals surface area contributed by atoms with Gasteiger partial charge in [0.2, 0.25) is 0 Å². The molecule has 1 aliphatic rings. The Morgan fingerprint density at radius 1 is 1.46 bits per heavy atom. The van der Waals surface area contributed by atoms with Gasteiger partial charge in [-0.05, 0) is 18.8 Å². The van der Waals surface area contributed by atoms with Gasteiger partial charge in [-0.2, -0.15) is 0 Å². The van der Waals surface area contributed by atoms with Gasteiger partial charge in [0.15, 0.2) is 0 Å². The molecule has 2 atom stereocenters. The van der Waals surface area contributed by atoms with E-state index >= 15 is 0 Å². The van der Waals surface area contributed by atoms with Crippen molar-refractivity contribution in [2.75, 3.05) is 13.2 Å². The van der Waals surface area contributed by atoms with Crippen LogP contribution in [0.1, 0.15) is 40.0 Å². The molecular weight excluding hydrogens is 162 g/mol. The number of rotatable bonds is 5. The summed E-state index contributed by atoms with van der Waals surface area (Å²) in [5.41, 5.74) is 0. The summed E-state index contributed by atoms with van der Waals surface area (Å²) in [5.74, 6) is 0.658. The van der Waals surface area contributed by atoms with Crippen molar-refractivity contribution in [1.29, 1.82) is 0 Å². The summed E-state index contributed by atoms with van der Waals surface area (Å²) in [5, 5.41) is 3.51. The highest BCUT2D eigenvalue weighted by Crippen LogP contribution is 2.15. The molecule has 1 rings (SSSR count). The first-order chi connectivity index (χ1) is 6.22. The molecular formula is C11H23NO. The monoisotopic (exact) mass is 185 g/mol. The average molecular weight is 185 g/mol. The van der Waals surface area contributed by atoms with Gasteiger partial charge in [0, 0.05) is 19.2 Å². The molecule has 0 radical (unpaired) electrons. The van der Waals surface area contributed by atoms with Gasteiger partial charge in [0.25, 0.3) is 0 Å². The summed E-state index contributed by atoms with van der Waals surface area (Å²) in [4.78, 5) is 0. The first-order valence-corrected chi connectivity index (χ1v) is 5.57. The van der Waals surface area contributed by atoms with Crippen LogP contribution in [0.3, 0.4) is 0 Å². The molecule has 0 saturated carbocycles. The molecule has 2 heteroatoms. The second kappa shape index (κ2) is 5.61. The van der Waals surface area contributed by atoms with Gasteiger partial charge in [-0.25, -0.2) is 0 Å². The van der Waals surface area contributed by atoms with Crippen LogP contribution in [0, 0.1) is 5.92 Å². The third-order valence-electron chi connectivity index (χ3n) is 2.48. The smallest absolute Gasteiger partial charge is 0.0714 e. The second-order valence-electron chi connectivity index (χ2n) is 4.48. The predicted octanol–water partition coefficient (Wildman–Crippen LogP) is 2.19. The predicted molar refractivity (Wildman–Crippen MR) is 55.9 cm³/mol. The van der Waals surface area contributed by atoms with Crippen molar-refractivity contribution in [1.82, 2.24) is 5.32 Å². The van der Waals surface area contributed by atoms with Crippen molar-refractivity contribution in [3.8, 4) is 0 Å². The van der Waals surface area contributed by atoms with Crippen molar-refractivity contribution in [2.24, 2.45) is 5.92 Å². The third-order valence-corrected chi connectivity index (χ3v) is 2.48. The molecule has 1 fully saturated rings. The minimum absolute atomic E-state index is 0.471. The summed E-state index contributed by atoms with van der Waals surface area (Å²) >= 11 is 0. The molecule has 0 aromatic heterocycles. The van der Waals surface area contributed by atoms with E-state index in [0.717, 1.165) is 13.2 Å². The molecule has 1 N–H and O–H groups in total. The van der Waals surface area contributed by atoms with Gasteiger partial charge < -0.3 is 10.1 Å². The van der Waals surface area contributed by atoms with Crippen molar-refractivity contribution in [3.05, 3.63) is 0 Å². The Kier molecular flexibility index (Phi) is 4.74. The van der Waals surface area contributed by atoms with Crippen LogP contribution in [0.25, 0.3) is 0 Å². The van der Waals surface area contributed by atoms with Crippen LogP contribution in [0.5, 0.6) is 0 Å². The standard InChI is InChI=1S/C11H23NO/c1-4-5-10-6-11(7-12-10)13-8-9(2)3/h9-12H,4-8H2,1-3H3/t10-,11+/m0/s1. The highest BCUT2D eigenvalue weighted by molar-refractivity contribution is 4.81. The van der Waals surface area contributed by atoms with Crippen LogP contribution < -0.4 is 5.32 Å². The van der Waals surface area contributed by atoms with Crippen LogP contribution >= 0.6 is 0 Å². The Bertz CT molecular complexity index is 136. The molecule has 0 aliphatic carbocycles. The van der Waals surface area contributed by atoms with Crippen LogP contribution in [-0.2, 0) is 4.74 Å². The van der Waals surface area contributed by atoms with Gasteiger partial charge in [0.05, 0.1) is 6.10 Å². The number of nitrogens with one attached hydrogen (secondary N) is 1. The van der Waals surface area contributed by atoms with Gasteiger partial charge in [-0.3, -0.25) is 0 Å². The van der Waals surface area contributed by atoms with Gasteiger partial charge in [0.1, 0.15) is 0 Å². The fourth-order valence-corrected chi connectivity index (χ4v) is 1.81. The van der Waals surface area contributed by atoms with Gasteiger partial charge >= 0.3 is 0 Å². The molecule has 0 aromatic carbocycles. The average Bonchev–Trinajstić information content (AvgIpc) is 2.50. The lowest BCUT2D eigenvalue weighted by atomic mass is 10.1. The molecule has 0 unspecified atom stereocenters. The molecule has 0 amide bonds. The molecule has 2 nitrogen and oxygen atoms in total. The largest absolute Gasteiger partial charge is 0.377 e. The van der Waals surface area contributed by atoms with Crippen LogP contribution in [0.4, 0.5) is 0 Å². The van der Waals surface area contributed by atoms with Crippen molar-refractivity contribution < 1.29 is 4.74 Å². The van der Waals surface area contributed by atoms with E-state index < -0.39 is 0 Å². The summed E-state index contributed by atoms with van der Waals surface area (Å²) in [6, 6.07) is 0.710. The van der Waals surface area contributed by atoms with E-state index in [1.807, 2.05) is 0 Å². The topological polar surface area (TPSA) is 21.3 Å². The Morgan fingerprint density at radius 2 is 2.23 bits per heavy atom. The summed E-state index contributed by atoms with van der Waals surface area (Å²) < 4.78 is 5.78. The maximum absolute atomic E-state index is 5.78. The molecule has 1 heterocycles. The quantitative estimate of drug-likeness (QED) is 0.709. The van der Waals surface area contributed by atoms with Gasteiger partial charge in [-0.15, -0.1) is 0 Å². The fraction of sp³-hybridized carbons (Fsp3) is 1.00. The van der Waals surface area contributed by atoms with E-state index in [1.54, 1.807) is 0 Å². The zero-order valence-electron chi connectivity index (χ0n) is 9.18. The Labute approximate surface area is 82.0 Å². The Hall–Kier alpha value is -0.0800. The van der Waals surface area contributed by atoms with Crippen molar-refractivity contribution in [2.45, 2.75) is 52.2 Å². The summed E-state index contributed by atoms with van der Waals surface area (Å²) in [7, 11) is 0. The normalized spacial score (nSPS) is 28.6. The van der Waals surface area contributed by atoms with E-state index in [9.17, 15) is 0 Å². The Balaban J connectivity index is 2.10. The molecule has 13 heavy (non-hydrogen) atoms. The maximum atomic E-state index is 5.78. The highest BCUT2D eigenvalue weighted by atomic mass is 16.5. The zero-order chi connectivity index (χ0) is 9.68. The third kappa shape index (κ3) is 4.10. The number of hydrogen-bond acceptors (Lipinski definition) is 2. The van der Waals surface area contributed by atoms with Crippen LogP contribution in [0.15, 0.2) is 0 Å². The lowest BCUT2D eigenvalue weighted by Crippen LogP contribution is -2.21. The minimum atomic E-state index is 0.471. The number of ether oxygens (including phenoxy) is 1. The lowest BCUT2D eigenvalue weighted by molar-refractivity contribution is 0.0470. The lowest BCUT2D eigenvalue weighted by Gasteiger charge is -2.12. The van der Waals surface area contributed by atoms with E-state index in [-0.39, 0.29) is 0 Å². The van der Waals surface area contributed by atoms with Crippen LogP contribution in [0.2, 0.25) is 0 Å². The molecule has 1 aliphatic heterocycles. The molecule has 0 spiro atoms. The van der Waals surface area contributed by atoms with Crippen LogP contribution in [-0.4, -0.2) is 25.3 Å². The highest BCUT2D eigenvalue weighted by Gasteiger charge is 2.23. The first-order valence-electron chi connectivity index (χ1n) is 5.57. The molecule has 0 aromatic rings. The van der Waals surface area contributed by atoms with Gasteiger partial charge in [-0.1, -0.05) is 27.2 Å². The minimum Gasteiger partial charge on any atom is -0.377 e. The van der Waals surface area contributed by atoms with E-state index in [0.29, 0.717) is 18.1 Å². The fourth-order valence-electron chi connectivity index (χ4n) is 1.81. The SMILES string of the molecule is CCC[C@H]1C[C@@H](OCC(C)C)CN1. The van der Waals surface area contributed by atoms with E-state index in [1.165, 1.54) is 19.3 Å². The summed E-state index contributed by atoms with van der Waals surface area (Å²) in [6.07, 6.45) is 4.25. The Morgan fingerprint density at radius 3 is 2.85 bits per heavy atom. The molecule has 0 bridgehead atoms. The zero-order valence-corrected chi connectivity index (χ0v) is 9.18. The molecule has 1 saturated heterocycles. The van der Waals surface area contributed by atoms with Crippen molar-refractivity contribution >= 4 is 0 Å². The van der Waals surface area contributed by atoms with E-state index in [4.69, 9.17) is 4.74 Å². The molecule has 78 valence electrons. The maximum Gasteiger partial charge on any atom is 0.0714 e. The number of hydrogen-bond donors (Lipinski definition) is 1.